The number of benzene rings is 1. The van der Waals surface area contributed by atoms with Crippen LogP contribution in [0.2, 0.25) is 10.0 Å². The van der Waals surface area contributed by atoms with Crippen molar-refractivity contribution in [3.05, 3.63) is 51.0 Å². The lowest BCUT2D eigenvalue weighted by Gasteiger charge is -2.20. The summed E-state index contributed by atoms with van der Waals surface area (Å²) in [7, 11) is 1.69. The summed E-state index contributed by atoms with van der Waals surface area (Å²) in [6.07, 6.45) is 6.00. The van der Waals surface area contributed by atoms with Gasteiger partial charge in [-0.25, -0.2) is 9.78 Å². The highest BCUT2D eigenvalue weighted by Crippen LogP contribution is 2.28. The van der Waals surface area contributed by atoms with E-state index >= 15 is 0 Å². The number of nitrogens with zero attached hydrogens (tertiary/aromatic N) is 4. The SMILES string of the molecule is Cn1c(=O)n(CC(=O)N2CCCCCC2)c2ncc(-c3cc(Cl)cc(Cl)c3)cc21. The second-order valence-corrected chi connectivity index (χ2v) is 8.32. The molecular weight excluding hydrogens is 411 g/mol. The van der Waals surface area contributed by atoms with Crippen LogP contribution < -0.4 is 5.69 Å². The molecule has 0 radical (unpaired) electrons. The van der Waals surface area contributed by atoms with Gasteiger partial charge in [0.15, 0.2) is 5.65 Å². The van der Waals surface area contributed by atoms with Crippen LogP contribution in [-0.4, -0.2) is 38.0 Å². The third kappa shape index (κ3) is 4.05. The zero-order valence-corrected chi connectivity index (χ0v) is 17.7. The molecule has 3 aromatic rings. The standard InChI is InChI=1S/C21H22Cl2N4O2/c1-25-18-10-15(14-8-16(22)11-17(23)9-14)12-24-20(18)27(21(25)29)13-19(28)26-6-4-2-3-5-7-26/h8-12H,2-7,13H2,1H3. The van der Waals surface area contributed by atoms with Crippen molar-refractivity contribution in [2.75, 3.05) is 13.1 Å². The topological polar surface area (TPSA) is 60.1 Å². The fourth-order valence-electron chi connectivity index (χ4n) is 3.85. The third-order valence-electron chi connectivity index (χ3n) is 5.43. The zero-order valence-electron chi connectivity index (χ0n) is 16.2. The van der Waals surface area contributed by atoms with E-state index in [1.807, 2.05) is 11.0 Å². The highest BCUT2D eigenvalue weighted by Gasteiger charge is 2.20. The molecule has 1 aliphatic rings. The Morgan fingerprint density at radius 1 is 1.00 bits per heavy atom. The lowest BCUT2D eigenvalue weighted by Crippen LogP contribution is -2.37. The van der Waals surface area contributed by atoms with E-state index in [1.165, 1.54) is 9.13 Å². The van der Waals surface area contributed by atoms with Gasteiger partial charge in [0, 0.05) is 41.9 Å². The normalized spacial score (nSPS) is 14.9. The van der Waals surface area contributed by atoms with Crippen LogP contribution in [0.1, 0.15) is 25.7 Å². The molecule has 0 bridgehead atoms. The molecule has 0 N–H and O–H groups in total. The molecular formula is C21H22Cl2N4O2. The van der Waals surface area contributed by atoms with Crippen molar-refractivity contribution in [3.8, 4) is 11.1 Å². The van der Waals surface area contributed by atoms with E-state index in [0.29, 0.717) is 21.2 Å². The second-order valence-electron chi connectivity index (χ2n) is 7.45. The number of amides is 1. The van der Waals surface area contributed by atoms with Crippen molar-refractivity contribution in [1.29, 1.82) is 0 Å². The number of carbonyl (C=O) groups is 1. The Hall–Kier alpha value is -2.31. The van der Waals surface area contributed by atoms with Gasteiger partial charge in [0.05, 0.1) is 5.52 Å². The van der Waals surface area contributed by atoms with Gasteiger partial charge in [0.25, 0.3) is 0 Å². The first-order valence-corrected chi connectivity index (χ1v) is 10.5. The van der Waals surface area contributed by atoms with Crippen molar-refractivity contribution in [2.24, 2.45) is 7.05 Å². The van der Waals surface area contributed by atoms with Crippen LogP contribution in [0, 0.1) is 0 Å². The quantitative estimate of drug-likeness (QED) is 0.625. The summed E-state index contributed by atoms with van der Waals surface area (Å²) in [5.41, 5.74) is 2.52. The first kappa shape index (κ1) is 20.0. The maximum absolute atomic E-state index is 12.8. The maximum atomic E-state index is 12.8. The van der Waals surface area contributed by atoms with Crippen LogP contribution in [-0.2, 0) is 18.4 Å². The van der Waals surface area contributed by atoms with E-state index in [0.717, 1.165) is 49.9 Å². The van der Waals surface area contributed by atoms with Crippen molar-refractivity contribution >= 4 is 40.3 Å². The fourth-order valence-corrected chi connectivity index (χ4v) is 4.38. The Balaban J connectivity index is 1.70. The maximum Gasteiger partial charge on any atom is 0.330 e. The number of aryl methyl sites for hydroxylation is 1. The number of hydrogen-bond acceptors (Lipinski definition) is 3. The van der Waals surface area contributed by atoms with Gasteiger partial charge in [0.1, 0.15) is 6.54 Å². The summed E-state index contributed by atoms with van der Waals surface area (Å²) in [5, 5.41) is 1.06. The van der Waals surface area contributed by atoms with Crippen LogP contribution in [0.5, 0.6) is 0 Å². The Morgan fingerprint density at radius 2 is 1.66 bits per heavy atom. The molecule has 1 amide bonds. The number of likely N-dealkylation sites (tertiary alicyclic amines) is 1. The van der Waals surface area contributed by atoms with Gasteiger partial charge in [-0.3, -0.25) is 13.9 Å². The molecule has 0 spiro atoms. The summed E-state index contributed by atoms with van der Waals surface area (Å²) in [4.78, 5) is 32.0. The number of fused-ring (bicyclic) bond motifs is 1. The number of carbonyl (C=O) groups excluding carboxylic acids is 1. The van der Waals surface area contributed by atoms with Crippen LogP contribution in [0.15, 0.2) is 35.3 Å². The highest BCUT2D eigenvalue weighted by molar-refractivity contribution is 6.35. The molecule has 29 heavy (non-hydrogen) atoms. The monoisotopic (exact) mass is 432 g/mol. The van der Waals surface area contributed by atoms with Gasteiger partial charge >= 0.3 is 5.69 Å². The van der Waals surface area contributed by atoms with Gasteiger partial charge < -0.3 is 4.90 Å². The van der Waals surface area contributed by atoms with Crippen LogP contribution >= 0.6 is 23.2 Å². The second kappa shape index (κ2) is 8.20. The summed E-state index contributed by atoms with van der Waals surface area (Å²) in [6, 6.07) is 7.14. The van der Waals surface area contributed by atoms with Gasteiger partial charge in [-0.15, -0.1) is 0 Å². The number of rotatable bonds is 3. The first-order valence-electron chi connectivity index (χ1n) is 9.73. The zero-order chi connectivity index (χ0) is 20.5. The predicted molar refractivity (Wildman–Crippen MR) is 115 cm³/mol. The largest absolute Gasteiger partial charge is 0.341 e. The summed E-state index contributed by atoms with van der Waals surface area (Å²) in [6.45, 7) is 1.52. The Kier molecular flexibility index (Phi) is 5.65. The Bertz CT molecular complexity index is 1110. The van der Waals surface area contributed by atoms with E-state index in [-0.39, 0.29) is 18.1 Å². The molecule has 0 atom stereocenters. The van der Waals surface area contributed by atoms with Gasteiger partial charge in [0.2, 0.25) is 5.91 Å². The minimum Gasteiger partial charge on any atom is -0.341 e. The molecule has 0 unspecified atom stereocenters. The molecule has 1 aliphatic heterocycles. The Labute approximate surface area is 178 Å². The summed E-state index contributed by atoms with van der Waals surface area (Å²) >= 11 is 12.2. The average molecular weight is 433 g/mol. The number of hydrogen-bond donors (Lipinski definition) is 0. The van der Waals surface area contributed by atoms with E-state index in [2.05, 4.69) is 4.98 Å². The van der Waals surface area contributed by atoms with E-state index < -0.39 is 0 Å². The minimum absolute atomic E-state index is 0.00547. The smallest absolute Gasteiger partial charge is 0.330 e. The molecule has 1 aromatic carbocycles. The lowest BCUT2D eigenvalue weighted by molar-refractivity contribution is -0.131. The van der Waals surface area contributed by atoms with Crippen LogP contribution in [0.25, 0.3) is 22.3 Å². The number of aromatic nitrogens is 3. The number of halogens is 2. The summed E-state index contributed by atoms with van der Waals surface area (Å²) < 4.78 is 2.98. The van der Waals surface area contributed by atoms with Crippen molar-refractivity contribution in [3.63, 3.8) is 0 Å². The van der Waals surface area contributed by atoms with E-state index in [9.17, 15) is 9.59 Å². The molecule has 4 rings (SSSR count). The van der Waals surface area contributed by atoms with Crippen LogP contribution in [0.3, 0.4) is 0 Å². The van der Waals surface area contributed by atoms with Crippen LogP contribution in [0.4, 0.5) is 0 Å². The predicted octanol–water partition coefficient (Wildman–Crippen LogP) is 4.11. The van der Waals surface area contributed by atoms with Crippen molar-refractivity contribution in [1.82, 2.24) is 19.0 Å². The molecule has 2 aromatic heterocycles. The molecule has 6 nitrogen and oxygen atoms in total. The lowest BCUT2D eigenvalue weighted by atomic mass is 10.1. The van der Waals surface area contributed by atoms with E-state index in [4.69, 9.17) is 23.2 Å². The number of imidazole rings is 1. The molecule has 0 saturated carbocycles. The molecule has 3 heterocycles. The first-order chi connectivity index (χ1) is 13.9. The third-order valence-corrected chi connectivity index (χ3v) is 5.87. The molecule has 8 heteroatoms. The minimum atomic E-state index is -0.253. The average Bonchev–Trinajstić information content (AvgIpc) is 2.90. The Morgan fingerprint density at radius 3 is 2.31 bits per heavy atom. The van der Waals surface area contributed by atoms with Crippen molar-refractivity contribution < 1.29 is 4.79 Å². The molecule has 1 saturated heterocycles. The molecule has 1 fully saturated rings. The molecule has 152 valence electrons. The number of pyridine rings is 1. The fraction of sp³-hybridized carbons (Fsp3) is 0.381. The highest BCUT2D eigenvalue weighted by atomic mass is 35.5. The molecule has 0 aliphatic carbocycles. The van der Waals surface area contributed by atoms with E-state index in [1.54, 1.807) is 31.4 Å². The van der Waals surface area contributed by atoms with Crippen molar-refractivity contribution in [2.45, 2.75) is 32.2 Å². The van der Waals surface area contributed by atoms with Gasteiger partial charge in [-0.1, -0.05) is 36.0 Å². The summed E-state index contributed by atoms with van der Waals surface area (Å²) in [5.74, 6) is -0.0333. The van der Waals surface area contributed by atoms with Gasteiger partial charge in [-0.2, -0.15) is 0 Å². The van der Waals surface area contributed by atoms with Gasteiger partial charge in [-0.05, 0) is 42.7 Å².